The molecule has 2 aromatic rings. The fraction of sp³-hybridized carbons (Fsp3) is 0.111. The van der Waals surface area contributed by atoms with E-state index in [1.54, 1.807) is 12.1 Å². The van der Waals surface area contributed by atoms with Crippen molar-refractivity contribution in [1.29, 1.82) is 0 Å². The Morgan fingerprint density at radius 3 is 2.32 bits per heavy atom. The third-order valence-electron chi connectivity index (χ3n) is 3.86. The van der Waals surface area contributed by atoms with E-state index >= 15 is 0 Å². The maximum atomic E-state index is 13.1. The van der Waals surface area contributed by atoms with Crippen LogP contribution < -0.4 is 10.2 Å². The molecule has 0 aromatic heterocycles. The quantitative estimate of drug-likeness (QED) is 0.394. The standard InChI is InChI=1S/C18H11F3IN3O3/c19-18(20,21)13-3-1-2-4-14(13)23-9-12-15(26)24-17(28)25(16(12)27)11-7-5-10(22)6-8-11/h1-9,12H,(H,24,26,28)/t12-/m1/s1. The monoisotopic (exact) mass is 501 g/mol. The molecule has 0 bridgehead atoms. The molecule has 3 rings (SSSR count). The fourth-order valence-corrected chi connectivity index (χ4v) is 2.90. The van der Waals surface area contributed by atoms with Crippen LogP contribution in [-0.4, -0.2) is 24.1 Å². The van der Waals surface area contributed by atoms with Crippen LogP contribution >= 0.6 is 22.6 Å². The summed E-state index contributed by atoms with van der Waals surface area (Å²) in [5, 5.41) is 2.02. The van der Waals surface area contributed by atoms with Crippen LogP contribution in [0.5, 0.6) is 0 Å². The molecule has 4 amide bonds. The van der Waals surface area contributed by atoms with Crippen molar-refractivity contribution in [2.75, 3.05) is 4.90 Å². The van der Waals surface area contributed by atoms with E-state index < -0.39 is 41.2 Å². The molecule has 1 heterocycles. The normalized spacial score (nSPS) is 17.9. The lowest BCUT2D eigenvalue weighted by molar-refractivity contribution is -0.137. The number of rotatable bonds is 3. The highest BCUT2D eigenvalue weighted by Gasteiger charge is 2.40. The predicted octanol–water partition coefficient (Wildman–Crippen LogP) is 3.91. The Bertz CT molecular complexity index is 974. The van der Waals surface area contributed by atoms with Gasteiger partial charge in [0.1, 0.15) is 0 Å². The van der Waals surface area contributed by atoms with Gasteiger partial charge < -0.3 is 0 Å². The fourth-order valence-electron chi connectivity index (χ4n) is 2.54. The molecule has 1 N–H and O–H groups in total. The number of halogens is 4. The number of nitrogens with one attached hydrogen (secondary N) is 1. The minimum Gasteiger partial charge on any atom is -0.276 e. The number of carbonyl (C=O) groups excluding carboxylic acids is 3. The van der Waals surface area contributed by atoms with E-state index in [9.17, 15) is 27.6 Å². The molecular weight excluding hydrogens is 490 g/mol. The number of para-hydroxylation sites is 1. The molecule has 0 radical (unpaired) electrons. The number of carbonyl (C=O) groups is 3. The third-order valence-corrected chi connectivity index (χ3v) is 4.58. The van der Waals surface area contributed by atoms with Gasteiger partial charge in [-0.05, 0) is 59.0 Å². The van der Waals surface area contributed by atoms with Gasteiger partial charge in [-0.1, -0.05) is 12.1 Å². The molecule has 1 saturated heterocycles. The summed E-state index contributed by atoms with van der Waals surface area (Å²) in [5.74, 6) is -3.40. The van der Waals surface area contributed by atoms with Crippen molar-refractivity contribution in [3.63, 3.8) is 0 Å². The number of urea groups is 1. The lowest BCUT2D eigenvalue weighted by Gasteiger charge is -2.28. The molecule has 1 fully saturated rings. The maximum Gasteiger partial charge on any atom is 0.418 e. The Kier molecular flexibility index (Phi) is 5.49. The van der Waals surface area contributed by atoms with Crippen molar-refractivity contribution in [2.24, 2.45) is 10.9 Å². The van der Waals surface area contributed by atoms with Crippen molar-refractivity contribution in [3.8, 4) is 0 Å². The molecule has 1 atom stereocenters. The molecule has 0 unspecified atom stereocenters. The summed E-state index contributed by atoms with van der Waals surface area (Å²) in [5.41, 5.74) is -1.21. The molecule has 28 heavy (non-hydrogen) atoms. The predicted molar refractivity (Wildman–Crippen MR) is 103 cm³/mol. The second-order valence-corrected chi connectivity index (χ2v) is 6.96. The van der Waals surface area contributed by atoms with Crippen LogP contribution in [0.1, 0.15) is 5.56 Å². The molecular formula is C18H11F3IN3O3. The molecule has 0 saturated carbocycles. The Morgan fingerprint density at radius 2 is 1.68 bits per heavy atom. The lowest BCUT2D eigenvalue weighted by atomic mass is 10.1. The van der Waals surface area contributed by atoms with Gasteiger partial charge in [-0.2, -0.15) is 13.2 Å². The summed E-state index contributed by atoms with van der Waals surface area (Å²) in [7, 11) is 0. The van der Waals surface area contributed by atoms with Crippen LogP contribution in [0.2, 0.25) is 0 Å². The molecule has 1 aliphatic heterocycles. The molecule has 144 valence electrons. The van der Waals surface area contributed by atoms with E-state index in [0.717, 1.165) is 26.8 Å². The van der Waals surface area contributed by atoms with Gasteiger partial charge >= 0.3 is 12.2 Å². The van der Waals surface area contributed by atoms with Crippen molar-refractivity contribution in [2.45, 2.75) is 6.18 Å². The first kappa shape index (κ1) is 20.0. The van der Waals surface area contributed by atoms with Crippen molar-refractivity contribution < 1.29 is 27.6 Å². The summed E-state index contributed by atoms with van der Waals surface area (Å²) < 4.78 is 40.0. The van der Waals surface area contributed by atoms with Gasteiger partial charge in [0.05, 0.1) is 16.9 Å². The van der Waals surface area contributed by atoms with Gasteiger partial charge in [-0.15, -0.1) is 0 Å². The lowest BCUT2D eigenvalue weighted by Crippen LogP contribution is -2.58. The highest BCUT2D eigenvalue weighted by Crippen LogP contribution is 2.36. The van der Waals surface area contributed by atoms with Crippen LogP contribution in [0.25, 0.3) is 0 Å². The molecule has 10 heteroatoms. The summed E-state index contributed by atoms with van der Waals surface area (Å²) >= 11 is 2.04. The van der Waals surface area contributed by atoms with Gasteiger partial charge in [-0.3, -0.25) is 19.9 Å². The Morgan fingerprint density at radius 1 is 1.04 bits per heavy atom. The van der Waals surface area contributed by atoms with E-state index in [2.05, 4.69) is 4.99 Å². The molecule has 0 aliphatic carbocycles. The van der Waals surface area contributed by atoms with E-state index in [0.29, 0.717) is 0 Å². The maximum absolute atomic E-state index is 13.1. The van der Waals surface area contributed by atoms with Gasteiger partial charge in [-0.25, -0.2) is 9.69 Å². The van der Waals surface area contributed by atoms with Crippen molar-refractivity contribution in [1.82, 2.24) is 5.32 Å². The highest BCUT2D eigenvalue weighted by molar-refractivity contribution is 14.1. The topological polar surface area (TPSA) is 78.8 Å². The summed E-state index contributed by atoms with van der Waals surface area (Å²) in [6, 6.07) is 9.94. The van der Waals surface area contributed by atoms with E-state index in [1.165, 1.54) is 24.3 Å². The number of barbiturate groups is 1. The number of hydrogen-bond acceptors (Lipinski definition) is 4. The SMILES string of the molecule is O=C1NC(=O)N(c2ccc(I)cc2)C(=O)[C@@H]1C=Nc1ccccc1C(F)(F)F. The average molecular weight is 501 g/mol. The van der Waals surface area contributed by atoms with Crippen LogP contribution in [0.4, 0.5) is 29.3 Å². The zero-order valence-corrected chi connectivity index (χ0v) is 16.1. The van der Waals surface area contributed by atoms with E-state index in [1.807, 2.05) is 27.9 Å². The number of benzene rings is 2. The number of imide groups is 2. The van der Waals surface area contributed by atoms with Gasteiger partial charge in [0.25, 0.3) is 5.91 Å². The largest absolute Gasteiger partial charge is 0.418 e. The number of amides is 4. The number of anilines is 1. The Balaban J connectivity index is 1.93. The Hall–Kier alpha value is -2.76. The molecule has 6 nitrogen and oxygen atoms in total. The first-order chi connectivity index (χ1) is 13.2. The smallest absolute Gasteiger partial charge is 0.276 e. The van der Waals surface area contributed by atoms with Gasteiger partial charge in [0, 0.05) is 9.78 Å². The number of alkyl halides is 3. The van der Waals surface area contributed by atoms with Crippen LogP contribution in [0, 0.1) is 9.49 Å². The van der Waals surface area contributed by atoms with Crippen LogP contribution in [-0.2, 0) is 15.8 Å². The third kappa shape index (κ3) is 4.06. The molecule has 1 aliphatic rings. The van der Waals surface area contributed by atoms with Crippen molar-refractivity contribution in [3.05, 3.63) is 57.7 Å². The molecule has 2 aromatic carbocycles. The Labute approximate surface area is 170 Å². The van der Waals surface area contributed by atoms with Crippen LogP contribution in [0.15, 0.2) is 53.5 Å². The number of aliphatic imine (C=N–C) groups is 1. The van der Waals surface area contributed by atoms with Gasteiger partial charge in [0.2, 0.25) is 5.91 Å². The highest BCUT2D eigenvalue weighted by atomic mass is 127. The van der Waals surface area contributed by atoms with Crippen LogP contribution in [0.3, 0.4) is 0 Å². The minimum absolute atomic E-state index is 0.226. The molecule has 0 spiro atoms. The summed E-state index contributed by atoms with van der Waals surface area (Å²) in [6.07, 6.45) is -3.83. The minimum atomic E-state index is -4.64. The summed E-state index contributed by atoms with van der Waals surface area (Å²) in [6.45, 7) is 0. The summed E-state index contributed by atoms with van der Waals surface area (Å²) in [4.78, 5) is 41.3. The zero-order chi connectivity index (χ0) is 20.5. The first-order valence-electron chi connectivity index (χ1n) is 7.83. The second-order valence-electron chi connectivity index (χ2n) is 5.72. The van der Waals surface area contributed by atoms with Crippen molar-refractivity contribution >= 4 is 58.0 Å². The zero-order valence-electron chi connectivity index (χ0n) is 13.9. The second kappa shape index (κ2) is 7.70. The van der Waals surface area contributed by atoms with Gasteiger partial charge in [0.15, 0.2) is 5.92 Å². The number of nitrogens with zero attached hydrogens (tertiary/aromatic N) is 2. The van der Waals surface area contributed by atoms with E-state index in [4.69, 9.17) is 0 Å². The number of hydrogen-bond donors (Lipinski definition) is 1. The first-order valence-corrected chi connectivity index (χ1v) is 8.91. The average Bonchev–Trinajstić information content (AvgIpc) is 2.62. The van der Waals surface area contributed by atoms with E-state index in [-0.39, 0.29) is 5.69 Å².